The summed E-state index contributed by atoms with van der Waals surface area (Å²) in [6.07, 6.45) is 1.60. The molecule has 1 aliphatic heterocycles. The molecular formula is C30H22FN3O5. The number of nitrogens with one attached hydrogen (secondary N) is 1. The number of anilines is 1. The van der Waals surface area contributed by atoms with E-state index in [0.29, 0.717) is 34.1 Å². The largest absolute Gasteiger partial charge is 0.478 e. The predicted octanol–water partition coefficient (Wildman–Crippen LogP) is 5.52. The highest BCUT2D eigenvalue weighted by Crippen LogP contribution is 2.28. The van der Waals surface area contributed by atoms with Gasteiger partial charge in [-0.15, -0.1) is 0 Å². The highest BCUT2D eigenvalue weighted by Gasteiger charge is 2.29. The van der Waals surface area contributed by atoms with Gasteiger partial charge in [-0.2, -0.15) is 10.1 Å². The van der Waals surface area contributed by atoms with Crippen LogP contribution in [0.4, 0.5) is 10.1 Å². The van der Waals surface area contributed by atoms with Gasteiger partial charge in [0, 0.05) is 17.7 Å². The molecule has 9 heteroatoms. The normalized spacial score (nSPS) is 14.0. The van der Waals surface area contributed by atoms with Crippen molar-refractivity contribution in [3.05, 3.63) is 119 Å². The van der Waals surface area contributed by atoms with E-state index in [0.717, 1.165) is 11.1 Å². The molecular weight excluding hydrogens is 501 g/mol. The van der Waals surface area contributed by atoms with Gasteiger partial charge < -0.3 is 14.8 Å². The third-order valence-corrected chi connectivity index (χ3v) is 6.13. The fourth-order valence-corrected chi connectivity index (χ4v) is 4.00. The topological polar surface area (TPSA) is 112 Å². The van der Waals surface area contributed by atoms with Gasteiger partial charge in [0.1, 0.15) is 17.3 Å². The van der Waals surface area contributed by atoms with Crippen molar-refractivity contribution in [1.82, 2.24) is 5.32 Å². The summed E-state index contributed by atoms with van der Waals surface area (Å²) in [5.74, 6) is -0.990. The zero-order chi connectivity index (χ0) is 27.5. The average molecular weight is 524 g/mol. The first-order valence-corrected chi connectivity index (χ1v) is 12.0. The SMILES string of the molecule is CC1=NN(c2ccc(C(=O)O)cc2)C(=O)/C1=C\c1ccc(-c2ccc(C(=O)NCc3ccc(F)cc3)cc2)o1. The van der Waals surface area contributed by atoms with Gasteiger partial charge in [-0.3, -0.25) is 9.59 Å². The zero-order valence-electron chi connectivity index (χ0n) is 20.7. The molecule has 0 atom stereocenters. The number of carbonyl (C=O) groups excluding carboxylic acids is 2. The summed E-state index contributed by atoms with van der Waals surface area (Å²) < 4.78 is 19.0. The minimum Gasteiger partial charge on any atom is -0.478 e. The van der Waals surface area contributed by atoms with Crippen LogP contribution in [0.15, 0.2) is 100 Å². The standard InChI is InChI=1S/C30H22FN3O5/c1-18-26(29(36)34(33-18)24-12-8-22(9-13-24)30(37)38)16-25-14-15-27(39-25)20-4-6-21(7-5-20)28(35)32-17-19-2-10-23(31)11-3-19/h2-16H,17H2,1H3,(H,32,35)(H,37,38)/b26-16-. The van der Waals surface area contributed by atoms with E-state index in [1.807, 2.05) is 0 Å². The van der Waals surface area contributed by atoms with Crippen molar-refractivity contribution < 1.29 is 28.3 Å². The maximum absolute atomic E-state index is 13.0. The predicted molar refractivity (Wildman–Crippen MR) is 144 cm³/mol. The van der Waals surface area contributed by atoms with Crippen LogP contribution in [0.1, 0.15) is 39.0 Å². The lowest BCUT2D eigenvalue weighted by Gasteiger charge is -2.11. The van der Waals surface area contributed by atoms with Crippen LogP contribution >= 0.6 is 0 Å². The minimum atomic E-state index is -1.05. The summed E-state index contributed by atoms with van der Waals surface area (Å²) in [7, 11) is 0. The molecule has 0 fully saturated rings. The Balaban J connectivity index is 1.25. The van der Waals surface area contributed by atoms with Crippen molar-refractivity contribution in [2.24, 2.45) is 5.10 Å². The highest BCUT2D eigenvalue weighted by molar-refractivity contribution is 6.32. The first kappa shape index (κ1) is 25.3. The van der Waals surface area contributed by atoms with Crippen LogP contribution in [-0.2, 0) is 11.3 Å². The Morgan fingerprint density at radius 1 is 0.949 bits per heavy atom. The zero-order valence-corrected chi connectivity index (χ0v) is 20.7. The second-order valence-corrected chi connectivity index (χ2v) is 8.80. The molecule has 0 unspecified atom stereocenters. The molecule has 0 aliphatic carbocycles. The number of halogens is 1. The van der Waals surface area contributed by atoms with E-state index in [2.05, 4.69) is 10.4 Å². The second-order valence-electron chi connectivity index (χ2n) is 8.80. The van der Waals surface area contributed by atoms with Crippen molar-refractivity contribution in [2.45, 2.75) is 13.5 Å². The fraction of sp³-hybridized carbons (Fsp3) is 0.0667. The molecule has 39 heavy (non-hydrogen) atoms. The van der Waals surface area contributed by atoms with Crippen molar-refractivity contribution >= 4 is 35.3 Å². The van der Waals surface area contributed by atoms with E-state index >= 15 is 0 Å². The highest BCUT2D eigenvalue weighted by atomic mass is 19.1. The van der Waals surface area contributed by atoms with E-state index in [4.69, 9.17) is 9.52 Å². The Kier molecular flexibility index (Phi) is 6.88. The second kappa shape index (κ2) is 10.6. The molecule has 0 spiro atoms. The number of nitrogens with zero attached hydrogens (tertiary/aromatic N) is 2. The quantitative estimate of drug-likeness (QED) is 0.310. The Bertz CT molecular complexity index is 1620. The fourth-order valence-electron chi connectivity index (χ4n) is 4.00. The van der Waals surface area contributed by atoms with Crippen molar-refractivity contribution in [1.29, 1.82) is 0 Å². The number of hydrogen-bond acceptors (Lipinski definition) is 5. The van der Waals surface area contributed by atoms with Gasteiger partial charge in [-0.1, -0.05) is 24.3 Å². The van der Waals surface area contributed by atoms with Gasteiger partial charge in [-0.25, -0.2) is 9.18 Å². The van der Waals surface area contributed by atoms with Crippen molar-refractivity contribution in [3.8, 4) is 11.3 Å². The van der Waals surface area contributed by atoms with Gasteiger partial charge >= 0.3 is 5.97 Å². The molecule has 0 bridgehead atoms. The van der Waals surface area contributed by atoms with Crippen LogP contribution in [0.5, 0.6) is 0 Å². The summed E-state index contributed by atoms with van der Waals surface area (Å²) in [6.45, 7) is 1.99. The number of furan rings is 1. The van der Waals surface area contributed by atoms with Crippen molar-refractivity contribution in [3.63, 3.8) is 0 Å². The van der Waals surface area contributed by atoms with Crippen LogP contribution in [0.25, 0.3) is 17.4 Å². The molecule has 1 aliphatic rings. The number of carboxylic acids is 1. The number of aromatic carboxylic acids is 1. The van der Waals surface area contributed by atoms with Gasteiger partial charge in [-0.05, 0) is 79.2 Å². The number of hydrazone groups is 1. The van der Waals surface area contributed by atoms with Gasteiger partial charge in [0.2, 0.25) is 0 Å². The molecule has 3 aromatic carbocycles. The van der Waals surface area contributed by atoms with E-state index in [-0.39, 0.29) is 29.7 Å². The molecule has 0 radical (unpaired) electrons. The number of amides is 2. The van der Waals surface area contributed by atoms with Crippen LogP contribution in [0.3, 0.4) is 0 Å². The Morgan fingerprint density at radius 3 is 2.28 bits per heavy atom. The third-order valence-electron chi connectivity index (χ3n) is 6.13. The first-order chi connectivity index (χ1) is 18.8. The lowest BCUT2D eigenvalue weighted by molar-refractivity contribution is -0.114. The monoisotopic (exact) mass is 523 g/mol. The smallest absolute Gasteiger partial charge is 0.335 e. The summed E-state index contributed by atoms with van der Waals surface area (Å²) in [5.41, 5.74) is 3.42. The summed E-state index contributed by atoms with van der Waals surface area (Å²) in [5, 5.41) is 17.4. The van der Waals surface area contributed by atoms with E-state index in [1.165, 1.54) is 41.4 Å². The van der Waals surface area contributed by atoms with E-state index in [1.54, 1.807) is 61.5 Å². The Labute approximate surface area is 222 Å². The van der Waals surface area contributed by atoms with Crippen LogP contribution < -0.4 is 10.3 Å². The third kappa shape index (κ3) is 5.52. The minimum absolute atomic E-state index is 0.114. The van der Waals surface area contributed by atoms with Crippen LogP contribution in [-0.4, -0.2) is 28.6 Å². The lowest BCUT2D eigenvalue weighted by Crippen LogP contribution is -2.22. The van der Waals surface area contributed by atoms with Crippen LogP contribution in [0, 0.1) is 5.82 Å². The number of carbonyl (C=O) groups is 3. The summed E-state index contributed by atoms with van der Waals surface area (Å²) in [4.78, 5) is 36.6. The molecule has 0 saturated carbocycles. The lowest BCUT2D eigenvalue weighted by atomic mass is 10.1. The Hall–Kier alpha value is -5.31. The van der Waals surface area contributed by atoms with E-state index < -0.39 is 5.97 Å². The van der Waals surface area contributed by atoms with Crippen molar-refractivity contribution in [2.75, 3.05) is 5.01 Å². The maximum atomic E-state index is 13.0. The number of hydrogen-bond donors (Lipinski definition) is 2. The number of carboxylic acid groups (broad SMARTS) is 1. The maximum Gasteiger partial charge on any atom is 0.335 e. The molecule has 2 N–H and O–H groups in total. The molecule has 2 heterocycles. The first-order valence-electron chi connectivity index (χ1n) is 12.0. The van der Waals surface area contributed by atoms with Crippen LogP contribution in [0.2, 0.25) is 0 Å². The number of rotatable bonds is 7. The molecule has 8 nitrogen and oxygen atoms in total. The molecule has 1 aromatic heterocycles. The summed E-state index contributed by atoms with van der Waals surface area (Å²) >= 11 is 0. The van der Waals surface area contributed by atoms with Gasteiger partial charge in [0.25, 0.3) is 11.8 Å². The van der Waals surface area contributed by atoms with Gasteiger partial charge in [0.05, 0.1) is 22.5 Å². The Morgan fingerprint density at radius 2 is 1.62 bits per heavy atom. The van der Waals surface area contributed by atoms with Gasteiger partial charge in [0.15, 0.2) is 0 Å². The molecule has 0 saturated heterocycles. The molecule has 4 aromatic rings. The molecule has 194 valence electrons. The molecule has 5 rings (SSSR count). The molecule has 2 amide bonds. The van der Waals surface area contributed by atoms with E-state index in [9.17, 15) is 18.8 Å². The summed E-state index contributed by atoms with van der Waals surface area (Å²) in [6, 6.07) is 22.2. The average Bonchev–Trinajstić information content (AvgIpc) is 3.53. The number of benzene rings is 3.